The van der Waals surface area contributed by atoms with Crippen molar-refractivity contribution < 1.29 is 0 Å². The Morgan fingerprint density at radius 1 is 1.17 bits per heavy atom. The van der Waals surface area contributed by atoms with Crippen LogP contribution in [0.1, 0.15) is 11.1 Å². The molecule has 62 valence electrons. The zero-order valence-corrected chi connectivity index (χ0v) is 7.94. The first-order valence-corrected chi connectivity index (χ1v) is 4.58. The predicted octanol–water partition coefficient (Wildman–Crippen LogP) is 3.43. The Bertz CT molecular complexity index is 326. The summed E-state index contributed by atoms with van der Waals surface area (Å²) in [7, 11) is 0. The first-order valence-electron chi connectivity index (χ1n) is 3.82. The van der Waals surface area contributed by atoms with E-state index in [0.717, 1.165) is 0 Å². The molecule has 0 bridgehead atoms. The highest BCUT2D eigenvalue weighted by Gasteiger charge is 2.24. The average molecular weight is 199 g/mol. The van der Waals surface area contributed by atoms with E-state index < -0.39 is 4.33 Å². The summed E-state index contributed by atoms with van der Waals surface area (Å²) in [6.45, 7) is 0. The SMILES string of the molecule is ClC1(Cl)C=Cc2ccccc2C1. The van der Waals surface area contributed by atoms with Gasteiger partial charge in [-0.3, -0.25) is 0 Å². The number of alkyl halides is 2. The van der Waals surface area contributed by atoms with Crippen molar-refractivity contribution in [2.75, 3.05) is 0 Å². The minimum absolute atomic E-state index is 0.697. The Kier molecular flexibility index (Phi) is 1.90. The van der Waals surface area contributed by atoms with Crippen LogP contribution in [0.4, 0.5) is 0 Å². The molecule has 1 aromatic rings. The third-order valence-electron chi connectivity index (χ3n) is 1.99. The highest BCUT2D eigenvalue weighted by molar-refractivity contribution is 6.50. The molecule has 0 spiro atoms. The maximum atomic E-state index is 5.98. The van der Waals surface area contributed by atoms with E-state index in [9.17, 15) is 0 Å². The molecule has 0 amide bonds. The highest BCUT2D eigenvalue weighted by atomic mass is 35.5. The molecule has 0 fully saturated rings. The lowest BCUT2D eigenvalue weighted by atomic mass is 9.97. The van der Waals surface area contributed by atoms with Crippen LogP contribution in [0, 0.1) is 0 Å². The van der Waals surface area contributed by atoms with Gasteiger partial charge in [0.15, 0.2) is 0 Å². The summed E-state index contributed by atoms with van der Waals surface area (Å²) in [5, 5.41) is 0. The number of hydrogen-bond acceptors (Lipinski definition) is 0. The third kappa shape index (κ3) is 1.50. The quantitative estimate of drug-likeness (QED) is 0.561. The Labute approximate surface area is 81.8 Å². The zero-order chi connectivity index (χ0) is 8.60. The molecule has 0 nitrogen and oxygen atoms in total. The molecule has 2 heteroatoms. The van der Waals surface area contributed by atoms with Gasteiger partial charge in [-0.25, -0.2) is 0 Å². The molecule has 1 aliphatic carbocycles. The van der Waals surface area contributed by atoms with Crippen molar-refractivity contribution in [3.8, 4) is 0 Å². The molecule has 1 aliphatic rings. The molecule has 0 N–H and O–H groups in total. The van der Waals surface area contributed by atoms with Crippen LogP contribution in [0.25, 0.3) is 6.08 Å². The Morgan fingerprint density at radius 3 is 2.75 bits per heavy atom. The fraction of sp³-hybridized carbons (Fsp3) is 0.200. The molecule has 0 saturated carbocycles. The molecular weight excluding hydrogens is 191 g/mol. The van der Waals surface area contributed by atoms with Crippen LogP contribution < -0.4 is 0 Å². The first kappa shape index (κ1) is 8.15. The predicted molar refractivity (Wildman–Crippen MR) is 53.6 cm³/mol. The van der Waals surface area contributed by atoms with Crippen LogP contribution in [-0.4, -0.2) is 4.33 Å². The molecule has 0 unspecified atom stereocenters. The second-order valence-electron chi connectivity index (χ2n) is 2.97. The van der Waals surface area contributed by atoms with E-state index in [4.69, 9.17) is 23.2 Å². The summed E-state index contributed by atoms with van der Waals surface area (Å²) in [6, 6.07) is 8.13. The topological polar surface area (TPSA) is 0 Å². The summed E-state index contributed by atoms with van der Waals surface area (Å²) >= 11 is 12.0. The Balaban J connectivity index is 2.46. The van der Waals surface area contributed by atoms with Crippen molar-refractivity contribution in [1.29, 1.82) is 0 Å². The largest absolute Gasteiger partial charge is 0.140 e. The van der Waals surface area contributed by atoms with Crippen molar-refractivity contribution in [3.05, 3.63) is 41.5 Å². The summed E-state index contributed by atoms with van der Waals surface area (Å²) in [5.41, 5.74) is 2.43. The van der Waals surface area contributed by atoms with E-state index in [1.807, 2.05) is 24.3 Å². The molecule has 12 heavy (non-hydrogen) atoms. The number of benzene rings is 1. The maximum absolute atomic E-state index is 5.98. The minimum atomic E-state index is -0.714. The summed E-state index contributed by atoms with van der Waals surface area (Å²) in [4.78, 5) is 0. The number of fused-ring (bicyclic) bond motifs is 1. The van der Waals surface area contributed by atoms with Crippen molar-refractivity contribution in [2.45, 2.75) is 10.8 Å². The number of allylic oxidation sites excluding steroid dienone is 1. The second-order valence-corrected chi connectivity index (χ2v) is 4.51. The molecular formula is C10H8Cl2. The van der Waals surface area contributed by atoms with Gasteiger partial charge in [0.1, 0.15) is 4.33 Å². The third-order valence-corrected chi connectivity index (χ3v) is 2.51. The zero-order valence-electron chi connectivity index (χ0n) is 6.43. The lowest BCUT2D eigenvalue weighted by molar-refractivity contribution is 0.922. The van der Waals surface area contributed by atoms with E-state index in [-0.39, 0.29) is 0 Å². The lowest BCUT2D eigenvalue weighted by Gasteiger charge is -2.20. The Morgan fingerprint density at radius 2 is 1.92 bits per heavy atom. The van der Waals surface area contributed by atoms with Crippen LogP contribution in [-0.2, 0) is 6.42 Å². The number of rotatable bonds is 0. The summed E-state index contributed by atoms with van der Waals surface area (Å²) in [5.74, 6) is 0. The van der Waals surface area contributed by atoms with Crippen LogP contribution in [0.5, 0.6) is 0 Å². The molecule has 1 aromatic carbocycles. The molecule has 0 atom stereocenters. The standard InChI is InChI=1S/C10H8Cl2/c11-10(12)6-5-8-3-1-2-4-9(8)7-10/h1-6H,7H2. The minimum Gasteiger partial charge on any atom is -0.0966 e. The van der Waals surface area contributed by atoms with Crippen LogP contribution >= 0.6 is 23.2 Å². The van der Waals surface area contributed by atoms with Gasteiger partial charge in [-0.1, -0.05) is 53.5 Å². The van der Waals surface area contributed by atoms with Crippen LogP contribution in [0.2, 0.25) is 0 Å². The van der Waals surface area contributed by atoms with Gasteiger partial charge in [0.25, 0.3) is 0 Å². The first-order chi connectivity index (χ1) is 5.67. The van der Waals surface area contributed by atoms with E-state index in [2.05, 4.69) is 12.1 Å². The van der Waals surface area contributed by atoms with Gasteiger partial charge < -0.3 is 0 Å². The van der Waals surface area contributed by atoms with Gasteiger partial charge in [-0.05, 0) is 17.2 Å². The average Bonchev–Trinajstić information content (AvgIpc) is 2.02. The Hall–Kier alpha value is -0.460. The van der Waals surface area contributed by atoms with Crippen LogP contribution in [0.15, 0.2) is 30.3 Å². The molecule has 0 heterocycles. The fourth-order valence-corrected chi connectivity index (χ4v) is 1.80. The van der Waals surface area contributed by atoms with E-state index in [1.54, 1.807) is 0 Å². The van der Waals surface area contributed by atoms with Gasteiger partial charge in [-0.2, -0.15) is 0 Å². The van der Waals surface area contributed by atoms with Gasteiger partial charge in [0.05, 0.1) is 0 Å². The van der Waals surface area contributed by atoms with E-state index >= 15 is 0 Å². The van der Waals surface area contributed by atoms with Crippen molar-refractivity contribution in [3.63, 3.8) is 0 Å². The van der Waals surface area contributed by atoms with Gasteiger partial charge >= 0.3 is 0 Å². The van der Waals surface area contributed by atoms with Gasteiger partial charge in [-0.15, -0.1) is 0 Å². The fourth-order valence-electron chi connectivity index (χ4n) is 1.38. The van der Waals surface area contributed by atoms with Crippen LogP contribution in [0.3, 0.4) is 0 Å². The number of hydrogen-bond donors (Lipinski definition) is 0. The second kappa shape index (κ2) is 2.79. The molecule has 0 aliphatic heterocycles. The van der Waals surface area contributed by atoms with E-state index in [1.165, 1.54) is 11.1 Å². The van der Waals surface area contributed by atoms with Crippen molar-refractivity contribution in [2.24, 2.45) is 0 Å². The molecule has 0 saturated heterocycles. The molecule has 0 aromatic heterocycles. The van der Waals surface area contributed by atoms with Crippen molar-refractivity contribution >= 4 is 29.3 Å². The van der Waals surface area contributed by atoms with Gasteiger partial charge in [0, 0.05) is 6.42 Å². The smallest absolute Gasteiger partial charge is 0.0966 e. The maximum Gasteiger partial charge on any atom is 0.140 e. The van der Waals surface area contributed by atoms with Gasteiger partial charge in [0.2, 0.25) is 0 Å². The highest BCUT2D eigenvalue weighted by Crippen LogP contribution is 2.33. The summed E-state index contributed by atoms with van der Waals surface area (Å²) < 4.78 is -0.714. The lowest BCUT2D eigenvalue weighted by Crippen LogP contribution is -2.16. The normalized spacial score (nSPS) is 18.8. The molecule has 2 rings (SSSR count). The van der Waals surface area contributed by atoms with Crippen molar-refractivity contribution in [1.82, 2.24) is 0 Å². The summed E-state index contributed by atoms with van der Waals surface area (Å²) in [6.07, 6.45) is 4.50. The van der Waals surface area contributed by atoms with E-state index in [0.29, 0.717) is 6.42 Å². The monoisotopic (exact) mass is 198 g/mol. The number of halogens is 2. The molecule has 0 radical (unpaired) electrons.